The van der Waals surface area contributed by atoms with E-state index in [1.165, 1.54) is 6.21 Å². The molecule has 1 aliphatic rings. The van der Waals surface area contributed by atoms with Gasteiger partial charge in [0.2, 0.25) is 0 Å². The third-order valence-corrected chi connectivity index (χ3v) is 3.17. The van der Waals surface area contributed by atoms with Crippen LogP contribution < -0.4 is 0 Å². The number of carbonyl (C=O) groups excluding carboxylic acids is 2. The number of hydrazone groups is 1. The Hall–Kier alpha value is -2.75. The molecule has 0 aliphatic carbocycles. The van der Waals surface area contributed by atoms with E-state index in [2.05, 4.69) is 5.10 Å². The summed E-state index contributed by atoms with van der Waals surface area (Å²) in [5.74, 6) is -0.761. The number of hydrogen-bond acceptors (Lipinski definition) is 3. The zero-order valence-corrected chi connectivity index (χ0v) is 10.9. The maximum Gasteiger partial charge on any atom is 0.282 e. The van der Waals surface area contributed by atoms with Crippen LogP contribution in [0, 0.1) is 6.92 Å². The third-order valence-electron chi connectivity index (χ3n) is 3.17. The molecule has 2 aromatic rings. The fourth-order valence-electron chi connectivity index (χ4n) is 2.06. The molecule has 4 nitrogen and oxygen atoms in total. The minimum Gasteiger partial charge on any atom is -0.267 e. The molecular formula is C16H12N2O2. The van der Waals surface area contributed by atoms with Crippen LogP contribution in [0.15, 0.2) is 53.6 Å². The van der Waals surface area contributed by atoms with Gasteiger partial charge in [0.15, 0.2) is 0 Å². The molecule has 0 atom stereocenters. The zero-order valence-electron chi connectivity index (χ0n) is 10.9. The van der Waals surface area contributed by atoms with Gasteiger partial charge in [-0.1, -0.05) is 42.0 Å². The predicted molar refractivity (Wildman–Crippen MR) is 75.7 cm³/mol. The Kier molecular flexibility index (Phi) is 2.91. The number of aryl methyl sites for hydroxylation is 1. The maximum atomic E-state index is 12.1. The summed E-state index contributed by atoms with van der Waals surface area (Å²) in [5, 5.41) is 4.92. The second-order valence-corrected chi connectivity index (χ2v) is 4.62. The number of benzene rings is 2. The van der Waals surface area contributed by atoms with Crippen molar-refractivity contribution < 1.29 is 9.59 Å². The number of imide groups is 1. The van der Waals surface area contributed by atoms with Gasteiger partial charge < -0.3 is 0 Å². The van der Waals surface area contributed by atoms with Crippen molar-refractivity contribution in [3.8, 4) is 0 Å². The standard InChI is InChI=1S/C16H12N2O2/c1-11-6-8-12(9-7-11)10-17-18-15(19)13-4-2-3-5-14(13)16(18)20/h2-10H,1H3/b17-10-. The number of amides is 2. The molecule has 0 saturated heterocycles. The van der Waals surface area contributed by atoms with E-state index >= 15 is 0 Å². The minimum atomic E-state index is -0.381. The van der Waals surface area contributed by atoms with E-state index in [1.807, 2.05) is 31.2 Å². The number of rotatable bonds is 2. The monoisotopic (exact) mass is 264 g/mol. The van der Waals surface area contributed by atoms with Crippen molar-refractivity contribution in [2.45, 2.75) is 6.92 Å². The molecule has 0 unspecified atom stereocenters. The molecule has 0 bridgehead atoms. The lowest BCUT2D eigenvalue weighted by Gasteiger charge is -2.05. The van der Waals surface area contributed by atoms with E-state index < -0.39 is 0 Å². The molecule has 1 aliphatic heterocycles. The van der Waals surface area contributed by atoms with Gasteiger partial charge in [0.1, 0.15) is 0 Å². The summed E-state index contributed by atoms with van der Waals surface area (Å²) in [5.41, 5.74) is 2.78. The third kappa shape index (κ3) is 2.01. The van der Waals surface area contributed by atoms with Gasteiger partial charge in [0.05, 0.1) is 17.3 Å². The lowest BCUT2D eigenvalue weighted by Crippen LogP contribution is -2.23. The summed E-state index contributed by atoms with van der Waals surface area (Å²) in [4.78, 5) is 24.1. The van der Waals surface area contributed by atoms with Crippen LogP contribution in [0.2, 0.25) is 0 Å². The topological polar surface area (TPSA) is 49.7 Å². The van der Waals surface area contributed by atoms with E-state index in [-0.39, 0.29) is 11.8 Å². The molecule has 0 saturated carbocycles. The van der Waals surface area contributed by atoms with E-state index in [0.29, 0.717) is 11.1 Å². The van der Waals surface area contributed by atoms with Gasteiger partial charge in [-0.2, -0.15) is 10.1 Å². The van der Waals surface area contributed by atoms with Crippen molar-refractivity contribution in [2.75, 3.05) is 0 Å². The molecule has 98 valence electrons. The van der Waals surface area contributed by atoms with Crippen LogP contribution in [0.1, 0.15) is 31.8 Å². The Balaban J connectivity index is 1.88. The average Bonchev–Trinajstić information content (AvgIpc) is 2.71. The first-order valence-corrected chi connectivity index (χ1v) is 6.25. The van der Waals surface area contributed by atoms with Gasteiger partial charge in [0, 0.05) is 0 Å². The van der Waals surface area contributed by atoms with Crippen LogP contribution in [0.3, 0.4) is 0 Å². The van der Waals surface area contributed by atoms with Crippen LogP contribution in [-0.2, 0) is 0 Å². The van der Waals surface area contributed by atoms with Gasteiger partial charge in [-0.15, -0.1) is 0 Å². The largest absolute Gasteiger partial charge is 0.282 e. The molecule has 0 N–H and O–H groups in total. The van der Waals surface area contributed by atoms with E-state index in [0.717, 1.165) is 16.1 Å². The number of carbonyl (C=O) groups is 2. The molecule has 2 amide bonds. The van der Waals surface area contributed by atoms with Gasteiger partial charge in [-0.25, -0.2) is 0 Å². The summed E-state index contributed by atoms with van der Waals surface area (Å²) in [7, 11) is 0. The number of fused-ring (bicyclic) bond motifs is 1. The Morgan fingerprint density at radius 1 is 0.900 bits per heavy atom. The first kappa shape index (κ1) is 12.3. The molecule has 3 rings (SSSR count). The molecule has 20 heavy (non-hydrogen) atoms. The minimum absolute atomic E-state index is 0.381. The average molecular weight is 264 g/mol. The van der Waals surface area contributed by atoms with Crippen LogP contribution in [0.5, 0.6) is 0 Å². The lowest BCUT2D eigenvalue weighted by molar-refractivity contribution is 0.0660. The molecule has 0 spiro atoms. The van der Waals surface area contributed by atoms with Gasteiger partial charge in [-0.05, 0) is 24.6 Å². The zero-order chi connectivity index (χ0) is 14.1. The Morgan fingerprint density at radius 2 is 1.45 bits per heavy atom. The van der Waals surface area contributed by atoms with Gasteiger partial charge in [-0.3, -0.25) is 9.59 Å². The van der Waals surface area contributed by atoms with Crippen molar-refractivity contribution in [2.24, 2.45) is 5.10 Å². The summed E-state index contributed by atoms with van der Waals surface area (Å²) in [6, 6.07) is 14.4. The highest BCUT2D eigenvalue weighted by molar-refractivity contribution is 6.21. The molecule has 4 heteroatoms. The number of hydrogen-bond donors (Lipinski definition) is 0. The van der Waals surface area contributed by atoms with Gasteiger partial charge in [0.25, 0.3) is 11.8 Å². The Bertz CT molecular complexity index is 683. The van der Waals surface area contributed by atoms with E-state index in [9.17, 15) is 9.59 Å². The molecule has 0 fully saturated rings. The maximum absolute atomic E-state index is 12.1. The summed E-state index contributed by atoms with van der Waals surface area (Å²) in [6.45, 7) is 1.99. The van der Waals surface area contributed by atoms with E-state index in [1.54, 1.807) is 24.3 Å². The van der Waals surface area contributed by atoms with Gasteiger partial charge >= 0.3 is 0 Å². The van der Waals surface area contributed by atoms with Crippen molar-refractivity contribution in [3.05, 3.63) is 70.8 Å². The second-order valence-electron chi connectivity index (χ2n) is 4.62. The lowest BCUT2D eigenvalue weighted by atomic mass is 10.1. The van der Waals surface area contributed by atoms with Crippen LogP contribution in [0.25, 0.3) is 0 Å². The van der Waals surface area contributed by atoms with Crippen molar-refractivity contribution >= 4 is 18.0 Å². The number of nitrogens with zero attached hydrogens (tertiary/aromatic N) is 2. The molecule has 0 aromatic heterocycles. The fraction of sp³-hybridized carbons (Fsp3) is 0.0625. The Labute approximate surface area is 116 Å². The highest BCUT2D eigenvalue weighted by Gasteiger charge is 2.35. The van der Waals surface area contributed by atoms with Crippen molar-refractivity contribution in [1.29, 1.82) is 0 Å². The Morgan fingerprint density at radius 3 is 2.00 bits per heavy atom. The summed E-state index contributed by atoms with van der Waals surface area (Å²) >= 11 is 0. The highest BCUT2D eigenvalue weighted by Crippen LogP contribution is 2.22. The normalized spacial score (nSPS) is 14.2. The second kappa shape index (κ2) is 4.74. The molecule has 0 radical (unpaired) electrons. The predicted octanol–water partition coefficient (Wildman–Crippen LogP) is 2.63. The fourth-order valence-corrected chi connectivity index (χ4v) is 2.06. The van der Waals surface area contributed by atoms with Crippen LogP contribution >= 0.6 is 0 Å². The first-order valence-electron chi connectivity index (χ1n) is 6.25. The SMILES string of the molecule is Cc1ccc(/C=N\N2C(=O)c3ccccc3C2=O)cc1. The molecular weight excluding hydrogens is 252 g/mol. The van der Waals surface area contributed by atoms with E-state index in [4.69, 9.17) is 0 Å². The quantitative estimate of drug-likeness (QED) is 0.618. The van der Waals surface area contributed by atoms with Crippen LogP contribution in [0.4, 0.5) is 0 Å². The summed E-state index contributed by atoms with van der Waals surface area (Å²) in [6.07, 6.45) is 1.52. The first-order chi connectivity index (χ1) is 9.66. The summed E-state index contributed by atoms with van der Waals surface area (Å²) < 4.78 is 0. The highest BCUT2D eigenvalue weighted by atomic mass is 16.2. The molecule has 2 aromatic carbocycles. The van der Waals surface area contributed by atoms with Crippen molar-refractivity contribution in [3.63, 3.8) is 0 Å². The van der Waals surface area contributed by atoms with Crippen molar-refractivity contribution in [1.82, 2.24) is 5.01 Å². The van der Waals surface area contributed by atoms with Crippen LogP contribution in [-0.4, -0.2) is 23.0 Å². The smallest absolute Gasteiger partial charge is 0.267 e. The molecule has 1 heterocycles.